The summed E-state index contributed by atoms with van der Waals surface area (Å²) >= 11 is 1.22. The van der Waals surface area contributed by atoms with Crippen LogP contribution in [-0.4, -0.2) is 67.2 Å². The SMILES string of the molecule is CN(C)c1cc(NC(=O)c2sc3ncnc4c3c2NC(=O)N4c2ccc(Oc3ccccc3)cc2)ccc1CN1CCOCC1. The number of hydrogen-bond acceptors (Lipinski definition) is 9. The number of benzene rings is 3. The molecule has 0 radical (unpaired) electrons. The summed E-state index contributed by atoms with van der Waals surface area (Å²) in [4.78, 5) is 42.9. The summed E-state index contributed by atoms with van der Waals surface area (Å²) in [7, 11) is 3.98. The summed E-state index contributed by atoms with van der Waals surface area (Å²) < 4.78 is 11.4. The van der Waals surface area contributed by atoms with Crippen molar-refractivity contribution in [1.29, 1.82) is 0 Å². The first-order valence-corrected chi connectivity index (χ1v) is 15.4. The van der Waals surface area contributed by atoms with E-state index >= 15 is 0 Å². The first kappa shape index (κ1) is 28.7. The van der Waals surface area contributed by atoms with E-state index in [1.54, 1.807) is 24.3 Å². The van der Waals surface area contributed by atoms with Gasteiger partial charge in [-0.05, 0) is 54.1 Å². The van der Waals surface area contributed by atoms with E-state index in [1.807, 2.05) is 61.5 Å². The Morgan fingerprint density at radius 3 is 2.53 bits per heavy atom. The molecular weight excluding hydrogens is 590 g/mol. The molecule has 3 amide bonds. The van der Waals surface area contributed by atoms with Gasteiger partial charge in [0.05, 0.1) is 30.0 Å². The van der Waals surface area contributed by atoms with Gasteiger partial charge in [0, 0.05) is 45.1 Å². The minimum atomic E-state index is -0.422. The first-order chi connectivity index (χ1) is 21.9. The predicted molar refractivity (Wildman–Crippen MR) is 176 cm³/mol. The average molecular weight is 622 g/mol. The fourth-order valence-electron chi connectivity index (χ4n) is 5.53. The standard InChI is InChI=1S/C33H31N7O4S/c1-38(2)26-18-22(9-8-21(26)19-39-14-16-43-17-15-39)36-31(41)29-28-27-30(34-20-35-32(27)45-29)40(33(42)37-28)23-10-12-25(13-11-23)44-24-6-4-3-5-7-24/h3-13,18,20H,14-17,19H2,1-2H3,(H,36,41)(H,37,42). The van der Waals surface area contributed by atoms with Crippen molar-refractivity contribution >= 4 is 62.1 Å². The van der Waals surface area contributed by atoms with E-state index in [4.69, 9.17) is 9.47 Å². The summed E-state index contributed by atoms with van der Waals surface area (Å²) in [6, 6.07) is 22.2. The molecule has 5 aromatic rings. The normalized spacial score (nSPS) is 14.7. The molecule has 11 nitrogen and oxygen atoms in total. The van der Waals surface area contributed by atoms with Crippen LogP contribution in [0.2, 0.25) is 0 Å². The molecule has 2 aliphatic rings. The number of anilines is 5. The number of para-hydroxylation sites is 1. The van der Waals surface area contributed by atoms with Gasteiger partial charge < -0.3 is 25.0 Å². The van der Waals surface area contributed by atoms with Gasteiger partial charge in [-0.15, -0.1) is 11.3 Å². The smallest absolute Gasteiger partial charge is 0.332 e. The van der Waals surface area contributed by atoms with Crippen LogP contribution in [0.1, 0.15) is 15.2 Å². The molecule has 1 fully saturated rings. The molecule has 2 aromatic heterocycles. The number of nitrogens with one attached hydrogen (secondary N) is 2. The Hall–Kier alpha value is -5.04. The van der Waals surface area contributed by atoms with Crippen molar-refractivity contribution in [1.82, 2.24) is 14.9 Å². The minimum Gasteiger partial charge on any atom is -0.457 e. The highest BCUT2D eigenvalue weighted by Gasteiger charge is 2.34. The summed E-state index contributed by atoms with van der Waals surface area (Å²) in [6.45, 7) is 4.06. The van der Waals surface area contributed by atoms with Crippen LogP contribution < -0.4 is 25.2 Å². The zero-order chi connectivity index (χ0) is 30.9. The molecule has 0 atom stereocenters. The lowest BCUT2D eigenvalue weighted by Gasteiger charge is -2.28. The van der Waals surface area contributed by atoms with Crippen LogP contribution in [0, 0.1) is 0 Å². The van der Waals surface area contributed by atoms with Crippen molar-refractivity contribution in [3.05, 3.63) is 89.6 Å². The van der Waals surface area contributed by atoms with Crippen LogP contribution in [0.4, 0.5) is 33.4 Å². The van der Waals surface area contributed by atoms with E-state index in [-0.39, 0.29) is 5.91 Å². The summed E-state index contributed by atoms with van der Waals surface area (Å²) in [6.07, 6.45) is 1.41. The molecule has 0 saturated carbocycles. The molecule has 0 aliphatic carbocycles. The van der Waals surface area contributed by atoms with E-state index in [1.165, 1.54) is 28.1 Å². The van der Waals surface area contributed by atoms with Gasteiger partial charge in [-0.3, -0.25) is 9.69 Å². The highest BCUT2D eigenvalue weighted by Crippen LogP contribution is 2.45. The number of urea groups is 1. The first-order valence-electron chi connectivity index (χ1n) is 14.6. The third-order valence-corrected chi connectivity index (χ3v) is 8.81. The van der Waals surface area contributed by atoms with E-state index in [9.17, 15) is 9.59 Å². The zero-order valence-electron chi connectivity index (χ0n) is 24.8. The zero-order valence-corrected chi connectivity index (χ0v) is 25.6. The molecule has 3 aromatic carbocycles. The Labute approximate surface area is 264 Å². The molecule has 4 heterocycles. The van der Waals surface area contributed by atoms with Crippen molar-refractivity contribution in [3.63, 3.8) is 0 Å². The number of hydrogen-bond donors (Lipinski definition) is 2. The number of morpholine rings is 1. The van der Waals surface area contributed by atoms with Crippen LogP contribution in [0.15, 0.2) is 79.1 Å². The van der Waals surface area contributed by atoms with Crippen molar-refractivity contribution in [2.75, 3.05) is 60.8 Å². The third-order valence-electron chi connectivity index (χ3n) is 7.72. The second-order valence-electron chi connectivity index (χ2n) is 10.9. The van der Waals surface area contributed by atoms with Crippen LogP contribution >= 0.6 is 11.3 Å². The molecular formula is C33H31N7O4S. The monoisotopic (exact) mass is 621 g/mol. The van der Waals surface area contributed by atoms with Crippen molar-refractivity contribution < 1.29 is 19.1 Å². The number of nitrogens with zero attached hydrogens (tertiary/aromatic N) is 5. The van der Waals surface area contributed by atoms with Gasteiger partial charge >= 0.3 is 6.03 Å². The van der Waals surface area contributed by atoms with Gasteiger partial charge in [0.15, 0.2) is 5.82 Å². The van der Waals surface area contributed by atoms with E-state index < -0.39 is 6.03 Å². The molecule has 0 bridgehead atoms. The van der Waals surface area contributed by atoms with Crippen LogP contribution in [0.5, 0.6) is 11.5 Å². The lowest BCUT2D eigenvalue weighted by atomic mass is 10.1. The second-order valence-corrected chi connectivity index (χ2v) is 11.9. The molecule has 2 aliphatic heterocycles. The Bertz CT molecular complexity index is 1870. The Kier molecular flexibility index (Phi) is 7.76. The van der Waals surface area contributed by atoms with E-state index in [0.717, 1.165) is 38.5 Å². The second kappa shape index (κ2) is 12.2. The number of carbonyl (C=O) groups excluding carboxylic acids is 2. The largest absolute Gasteiger partial charge is 0.457 e. The Balaban J connectivity index is 1.14. The Morgan fingerprint density at radius 2 is 1.78 bits per heavy atom. The van der Waals surface area contributed by atoms with Crippen molar-refractivity contribution in [3.8, 4) is 11.5 Å². The number of carbonyl (C=O) groups is 2. The van der Waals surface area contributed by atoms with Crippen LogP contribution in [0.3, 0.4) is 0 Å². The van der Waals surface area contributed by atoms with Gasteiger partial charge in [-0.1, -0.05) is 24.3 Å². The number of ether oxygens (including phenoxy) is 2. The molecule has 12 heteroatoms. The average Bonchev–Trinajstić information content (AvgIpc) is 3.43. The highest BCUT2D eigenvalue weighted by atomic mass is 32.1. The molecule has 45 heavy (non-hydrogen) atoms. The maximum Gasteiger partial charge on any atom is 0.332 e. The van der Waals surface area contributed by atoms with Gasteiger partial charge in [-0.2, -0.15) is 0 Å². The number of rotatable bonds is 8. The lowest BCUT2D eigenvalue weighted by molar-refractivity contribution is 0.0342. The van der Waals surface area contributed by atoms with Crippen molar-refractivity contribution in [2.24, 2.45) is 0 Å². The van der Waals surface area contributed by atoms with E-state index in [2.05, 4.69) is 31.6 Å². The Morgan fingerprint density at radius 1 is 1.02 bits per heavy atom. The fraction of sp³-hybridized carbons (Fsp3) is 0.212. The van der Waals surface area contributed by atoms with Gasteiger partial charge in [0.25, 0.3) is 5.91 Å². The van der Waals surface area contributed by atoms with Crippen LogP contribution in [0.25, 0.3) is 10.2 Å². The topological polar surface area (TPSA) is 112 Å². The molecule has 228 valence electrons. The number of aromatic nitrogens is 2. The van der Waals surface area contributed by atoms with Crippen LogP contribution in [-0.2, 0) is 11.3 Å². The number of thiophene rings is 1. The summed E-state index contributed by atoms with van der Waals surface area (Å²) in [5.74, 6) is 1.43. The molecule has 0 spiro atoms. The number of amides is 3. The highest BCUT2D eigenvalue weighted by molar-refractivity contribution is 7.21. The summed E-state index contributed by atoms with van der Waals surface area (Å²) in [5.41, 5.74) is 3.86. The van der Waals surface area contributed by atoms with Crippen molar-refractivity contribution in [2.45, 2.75) is 6.54 Å². The minimum absolute atomic E-state index is 0.333. The lowest BCUT2D eigenvalue weighted by Crippen LogP contribution is -2.36. The van der Waals surface area contributed by atoms with Gasteiger partial charge in [-0.25, -0.2) is 19.7 Å². The molecule has 2 N–H and O–H groups in total. The maximum absolute atomic E-state index is 13.7. The third kappa shape index (κ3) is 5.78. The molecule has 1 saturated heterocycles. The van der Waals surface area contributed by atoms with Gasteiger partial charge in [0.1, 0.15) is 27.5 Å². The molecule has 7 rings (SSSR count). The maximum atomic E-state index is 13.7. The van der Waals surface area contributed by atoms with E-state index in [0.29, 0.717) is 49.5 Å². The summed E-state index contributed by atoms with van der Waals surface area (Å²) in [5, 5.41) is 6.58. The quantitative estimate of drug-likeness (QED) is 0.207. The predicted octanol–water partition coefficient (Wildman–Crippen LogP) is 6.32. The fourth-order valence-corrected chi connectivity index (χ4v) is 6.52. The molecule has 0 unspecified atom stereocenters. The van der Waals surface area contributed by atoms with Gasteiger partial charge in [0.2, 0.25) is 0 Å².